The molecular formula is C16H20N2OS. The van der Waals surface area contributed by atoms with Crippen molar-refractivity contribution in [3.63, 3.8) is 0 Å². The maximum Gasteiger partial charge on any atom is 0.187 e. The molecule has 0 saturated carbocycles. The van der Waals surface area contributed by atoms with Gasteiger partial charge in [-0.3, -0.25) is 0 Å². The second-order valence-electron chi connectivity index (χ2n) is 5.59. The number of thiazole rings is 1. The van der Waals surface area contributed by atoms with E-state index in [4.69, 9.17) is 4.74 Å². The van der Waals surface area contributed by atoms with Crippen molar-refractivity contribution in [1.29, 1.82) is 0 Å². The SMILES string of the molecule is C=C(OC)c1ccccc1Nc1nc(C(C)(C)C)cs1. The first-order valence-electron chi connectivity index (χ1n) is 6.47. The van der Waals surface area contributed by atoms with E-state index in [1.54, 1.807) is 18.4 Å². The Bertz CT molecular complexity index is 611. The molecule has 3 nitrogen and oxygen atoms in total. The van der Waals surface area contributed by atoms with E-state index in [1.165, 1.54) is 0 Å². The van der Waals surface area contributed by atoms with Crippen molar-refractivity contribution in [3.8, 4) is 0 Å². The molecule has 106 valence electrons. The number of anilines is 2. The van der Waals surface area contributed by atoms with Crippen molar-refractivity contribution in [2.24, 2.45) is 0 Å². The topological polar surface area (TPSA) is 34.1 Å². The maximum atomic E-state index is 5.22. The largest absolute Gasteiger partial charge is 0.497 e. The zero-order valence-corrected chi connectivity index (χ0v) is 13.2. The van der Waals surface area contributed by atoms with Crippen LogP contribution < -0.4 is 5.32 Å². The van der Waals surface area contributed by atoms with Gasteiger partial charge in [0.2, 0.25) is 0 Å². The van der Waals surface area contributed by atoms with Crippen LogP contribution in [-0.4, -0.2) is 12.1 Å². The fourth-order valence-electron chi connectivity index (χ4n) is 1.74. The number of hydrogen-bond donors (Lipinski definition) is 1. The Kier molecular flexibility index (Phi) is 4.14. The molecule has 0 aliphatic carbocycles. The molecule has 1 aromatic heterocycles. The summed E-state index contributed by atoms with van der Waals surface area (Å²) >= 11 is 1.61. The molecule has 2 aromatic rings. The highest BCUT2D eigenvalue weighted by molar-refractivity contribution is 7.13. The number of nitrogens with one attached hydrogen (secondary N) is 1. The second-order valence-corrected chi connectivity index (χ2v) is 6.44. The van der Waals surface area contributed by atoms with Crippen molar-refractivity contribution in [2.45, 2.75) is 26.2 Å². The van der Waals surface area contributed by atoms with E-state index in [-0.39, 0.29) is 5.41 Å². The molecule has 0 spiro atoms. The van der Waals surface area contributed by atoms with E-state index in [9.17, 15) is 0 Å². The Balaban J connectivity index is 2.27. The molecule has 20 heavy (non-hydrogen) atoms. The van der Waals surface area contributed by atoms with Crippen LogP contribution in [0.5, 0.6) is 0 Å². The molecule has 1 N–H and O–H groups in total. The van der Waals surface area contributed by atoms with Gasteiger partial charge in [-0.1, -0.05) is 39.5 Å². The van der Waals surface area contributed by atoms with Crippen LogP contribution in [0.15, 0.2) is 36.2 Å². The Morgan fingerprint density at radius 2 is 2.00 bits per heavy atom. The molecule has 0 radical (unpaired) electrons. The van der Waals surface area contributed by atoms with Crippen LogP contribution in [0.4, 0.5) is 10.8 Å². The van der Waals surface area contributed by atoms with Crippen LogP contribution in [-0.2, 0) is 10.2 Å². The van der Waals surface area contributed by atoms with Gasteiger partial charge in [-0.05, 0) is 12.1 Å². The number of nitrogens with zero attached hydrogens (tertiary/aromatic N) is 1. The summed E-state index contributed by atoms with van der Waals surface area (Å²) in [6.07, 6.45) is 0. The lowest BCUT2D eigenvalue weighted by molar-refractivity contribution is 0.371. The standard InChI is InChI=1S/C16H20N2OS/c1-11(19-5)12-8-6-7-9-13(12)17-15-18-14(10-20-15)16(2,3)4/h6-10H,1H2,2-5H3,(H,17,18). The van der Waals surface area contributed by atoms with Crippen LogP contribution >= 0.6 is 11.3 Å². The molecule has 4 heteroatoms. The normalized spacial score (nSPS) is 11.2. The third-order valence-corrected chi connectivity index (χ3v) is 3.75. The Hall–Kier alpha value is -1.81. The molecule has 0 aliphatic rings. The molecule has 0 unspecified atom stereocenters. The summed E-state index contributed by atoms with van der Waals surface area (Å²) in [5.74, 6) is 0.640. The van der Waals surface area contributed by atoms with Gasteiger partial charge in [-0.2, -0.15) is 0 Å². The number of hydrogen-bond acceptors (Lipinski definition) is 4. The van der Waals surface area contributed by atoms with Gasteiger partial charge in [0.25, 0.3) is 0 Å². The summed E-state index contributed by atoms with van der Waals surface area (Å²) in [4.78, 5) is 4.64. The smallest absolute Gasteiger partial charge is 0.187 e. The number of aromatic nitrogens is 1. The summed E-state index contributed by atoms with van der Waals surface area (Å²) in [5.41, 5.74) is 3.05. The summed E-state index contributed by atoms with van der Waals surface area (Å²) in [6, 6.07) is 7.92. The predicted octanol–water partition coefficient (Wildman–Crippen LogP) is 4.80. The molecular weight excluding hydrogens is 268 g/mol. The van der Waals surface area contributed by atoms with E-state index < -0.39 is 0 Å². The second kappa shape index (κ2) is 5.67. The van der Waals surface area contributed by atoms with Crippen molar-refractivity contribution in [1.82, 2.24) is 4.98 Å². The van der Waals surface area contributed by atoms with Gasteiger partial charge >= 0.3 is 0 Å². The average molecular weight is 288 g/mol. The molecule has 0 bridgehead atoms. The highest BCUT2D eigenvalue weighted by Gasteiger charge is 2.17. The zero-order valence-electron chi connectivity index (χ0n) is 12.4. The van der Waals surface area contributed by atoms with E-state index in [0.29, 0.717) is 5.76 Å². The van der Waals surface area contributed by atoms with Crippen LogP contribution in [0.1, 0.15) is 32.0 Å². The van der Waals surface area contributed by atoms with Gasteiger partial charge in [0, 0.05) is 16.4 Å². The number of rotatable bonds is 4. The van der Waals surface area contributed by atoms with E-state index >= 15 is 0 Å². The Labute approximate surface area is 124 Å². The molecule has 0 fully saturated rings. The van der Waals surface area contributed by atoms with Crippen LogP contribution in [0.25, 0.3) is 5.76 Å². The van der Waals surface area contributed by atoms with Gasteiger partial charge in [-0.25, -0.2) is 4.98 Å². The summed E-state index contributed by atoms with van der Waals surface area (Å²) in [7, 11) is 1.63. The van der Waals surface area contributed by atoms with Crippen molar-refractivity contribution < 1.29 is 4.74 Å². The van der Waals surface area contributed by atoms with Gasteiger partial charge in [0.15, 0.2) is 5.13 Å². The minimum atomic E-state index is 0.0616. The lowest BCUT2D eigenvalue weighted by atomic mass is 9.93. The van der Waals surface area contributed by atoms with Crippen LogP contribution in [0.3, 0.4) is 0 Å². The first-order chi connectivity index (χ1) is 9.41. The lowest BCUT2D eigenvalue weighted by Gasteiger charge is -2.14. The predicted molar refractivity (Wildman–Crippen MR) is 86.6 cm³/mol. The monoisotopic (exact) mass is 288 g/mol. The summed E-state index contributed by atoms with van der Waals surface area (Å²) < 4.78 is 5.22. The van der Waals surface area contributed by atoms with Crippen LogP contribution in [0, 0.1) is 0 Å². The molecule has 1 heterocycles. The van der Waals surface area contributed by atoms with Gasteiger partial charge in [0.1, 0.15) is 5.76 Å². The summed E-state index contributed by atoms with van der Waals surface area (Å²) in [6.45, 7) is 10.4. The molecule has 0 aliphatic heterocycles. The van der Waals surface area contributed by atoms with Crippen LogP contribution in [0.2, 0.25) is 0 Å². The molecule has 2 rings (SSSR count). The fourth-order valence-corrected chi connectivity index (χ4v) is 2.69. The first kappa shape index (κ1) is 14.6. The maximum absolute atomic E-state index is 5.22. The molecule has 1 aromatic carbocycles. The van der Waals surface area contributed by atoms with Crippen molar-refractivity contribution in [3.05, 3.63) is 47.5 Å². The third kappa shape index (κ3) is 3.20. The quantitative estimate of drug-likeness (QED) is 0.820. The number of benzene rings is 1. The van der Waals surface area contributed by atoms with Gasteiger partial charge in [-0.15, -0.1) is 11.3 Å². The first-order valence-corrected chi connectivity index (χ1v) is 7.35. The Morgan fingerprint density at radius 3 is 2.60 bits per heavy atom. The van der Waals surface area contributed by atoms with Crippen molar-refractivity contribution >= 4 is 27.9 Å². The Morgan fingerprint density at radius 1 is 1.30 bits per heavy atom. The number of ether oxygens (including phenoxy) is 1. The van der Waals surface area contributed by atoms with E-state index in [2.05, 4.69) is 43.0 Å². The summed E-state index contributed by atoms with van der Waals surface area (Å²) in [5, 5.41) is 6.32. The van der Waals surface area contributed by atoms with Gasteiger partial charge < -0.3 is 10.1 Å². The van der Waals surface area contributed by atoms with E-state index in [1.807, 2.05) is 24.3 Å². The highest BCUT2D eigenvalue weighted by atomic mass is 32.1. The minimum absolute atomic E-state index is 0.0616. The minimum Gasteiger partial charge on any atom is -0.497 e. The van der Waals surface area contributed by atoms with E-state index in [0.717, 1.165) is 22.1 Å². The molecule has 0 amide bonds. The number of para-hydroxylation sites is 1. The molecule has 0 saturated heterocycles. The third-order valence-electron chi connectivity index (χ3n) is 2.99. The zero-order chi connectivity index (χ0) is 14.8. The number of methoxy groups -OCH3 is 1. The van der Waals surface area contributed by atoms with Crippen molar-refractivity contribution in [2.75, 3.05) is 12.4 Å². The average Bonchev–Trinajstić information content (AvgIpc) is 2.87. The van der Waals surface area contributed by atoms with Gasteiger partial charge in [0.05, 0.1) is 18.5 Å². The lowest BCUT2D eigenvalue weighted by Crippen LogP contribution is -2.11. The fraction of sp³-hybridized carbons (Fsp3) is 0.312. The molecule has 0 atom stereocenters. The highest BCUT2D eigenvalue weighted by Crippen LogP contribution is 2.30.